The summed E-state index contributed by atoms with van der Waals surface area (Å²) in [6, 6.07) is 4.19. The van der Waals surface area contributed by atoms with E-state index in [0.29, 0.717) is 10.0 Å². The first kappa shape index (κ1) is 12.8. The fraction of sp³-hybridized carbons (Fsp3) is 0. The normalized spacial score (nSPS) is 10.3. The van der Waals surface area contributed by atoms with Gasteiger partial charge in [0.1, 0.15) is 15.9 Å². The minimum Gasteiger partial charge on any atom is -0.478 e. The molecule has 0 aliphatic carbocycles. The van der Waals surface area contributed by atoms with Crippen LogP contribution in [0.1, 0.15) is 10.4 Å². The van der Waals surface area contributed by atoms with Gasteiger partial charge >= 0.3 is 5.97 Å². The number of carbonyl (C=O) groups is 1. The van der Waals surface area contributed by atoms with Gasteiger partial charge in [0.2, 0.25) is 0 Å². The third-order valence-electron chi connectivity index (χ3n) is 1.97. The van der Waals surface area contributed by atoms with Crippen LogP contribution in [0.25, 0.3) is 0 Å². The summed E-state index contributed by atoms with van der Waals surface area (Å²) in [5.41, 5.74) is -0.221. The third-order valence-corrected chi connectivity index (χ3v) is 3.42. The van der Waals surface area contributed by atoms with Crippen molar-refractivity contribution >= 4 is 29.3 Å². The van der Waals surface area contributed by atoms with Gasteiger partial charge in [-0.15, -0.1) is 0 Å². The minimum atomic E-state index is -1.25. The summed E-state index contributed by atoms with van der Waals surface area (Å²) < 4.78 is 12.9. The molecule has 0 saturated heterocycles. The van der Waals surface area contributed by atoms with Crippen molar-refractivity contribution in [2.45, 2.75) is 10.1 Å². The molecule has 0 amide bonds. The molecule has 0 saturated carbocycles. The molecule has 4 nitrogen and oxygen atoms in total. The quantitative estimate of drug-likeness (QED) is 0.938. The van der Waals surface area contributed by atoms with Crippen molar-refractivity contribution in [3.8, 4) is 0 Å². The number of pyridine rings is 2. The Morgan fingerprint density at radius 1 is 1.39 bits per heavy atom. The van der Waals surface area contributed by atoms with Gasteiger partial charge in [0, 0.05) is 6.20 Å². The number of nitrogens with zero attached hydrogens (tertiary/aromatic N) is 2. The van der Waals surface area contributed by atoms with E-state index in [0.717, 1.165) is 24.0 Å². The van der Waals surface area contributed by atoms with Crippen molar-refractivity contribution in [2.24, 2.45) is 0 Å². The Morgan fingerprint density at radius 2 is 2.17 bits per heavy atom. The molecule has 18 heavy (non-hydrogen) atoms. The Labute approximate surface area is 111 Å². The summed E-state index contributed by atoms with van der Waals surface area (Å²) in [6.45, 7) is 0. The molecule has 2 aromatic rings. The Hall–Kier alpha value is -1.66. The van der Waals surface area contributed by atoms with Crippen LogP contribution >= 0.6 is 23.4 Å². The van der Waals surface area contributed by atoms with Gasteiger partial charge in [-0.2, -0.15) is 0 Å². The Morgan fingerprint density at radius 3 is 2.83 bits per heavy atom. The van der Waals surface area contributed by atoms with Gasteiger partial charge in [-0.25, -0.2) is 19.2 Å². The van der Waals surface area contributed by atoms with Crippen molar-refractivity contribution in [3.63, 3.8) is 0 Å². The predicted molar refractivity (Wildman–Crippen MR) is 64.5 cm³/mol. The minimum absolute atomic E-state index is 0.143. The number of hydrogen-bond donors (Lipinski definition) is 1. The third kappa shape index (κ3) is 2.77. The molecule has 2 rings (SSSR count). The molecule has 1 N–H and O–H groups in total. The van der Waals surface area contributed by atoms with Crippen LogP contribution in [-0.2, 0) is 0 Å². The Bertz CT molecular complexity index is 609. The van der Waals surface area contributed by atoms with Crippen LogP contribution in [0.4, 0.5) is 4.39 Å². The van der Waals surface area contributed by atoms with Crippen molar-refractivity contribution in [2.75, 3.05) is 0 Å². The van der Waals surface area contributed by atoms with Crippen LogP contribution in [-0.4, -0.2) is 21.0 Å². The second kappa shape index (κ2) is 5.32. The zero-order valence-electron chi connectivity index (χ0n) is 8.80. The average Bonchev–Trinajstić information content (AvgIpc) is 2.34. The van der Waals surface area contributed by atoms with E-state index >= 15 is 0 Å². The lowest BCUT2D eigenvalue weighted by atomic mass is 10.3. The Kier molecular flexibility index (Phi) is 3.78. The van der Waals surface area contributed by atoms with Crippen LogP contribution in [0.3, 0.4) is 0 Å². The van der Waals surface area contributed by atoms with Gasteiger partial charge in [0.05, 0.1) is 16.8 Å². The highest BCUT2D eigenvalue weighted by Crippen LogP contribution is 2.32. The molecule has 92 valence electrons. The van der Waals surface area contributed by atoms with Crippen molar-refractivity contribution in [3.05, 3.63) is 47.0 Å². The number of aromatic nitrogens is 2. The summed E-state index contributed by atoms with van der Waals surface area (Å²) >= 11 is 6.88. The van der Waals surface area contributed by atoms with Crippen LogP contribution in [0.2, 0.25) is 5.02 Å². The Balaban J connectivity index is 2.41. The molecule has 0 aromatic carbocycles. The maximum Gasteiger partial charge on any atom is 0.338 e. The van der Waals surface area contributed by atoms with E-state index in [-0.39, 0.29) is 10.6 Å². The second-order valence-corrected chi connectivity index (χ2v) is 4.59. The topological polar surface area (TPSA) is 63.1 Å². The number of hydrogen-bond acceptors (Lipinski definition) is 4. The smallest absolute Gasteiger partial charge is 0.338 e. The van der Waals surface area contributed by atoms with Gasteiger partial charge in [0.15, 0.2) is 0 Å². The van der Waals surface area contributed by atoms with Crippen LogP contribution in [0.15, 0.2) is 40.6 Å². The molecule has 0 aliphatic rings. The number of carboxylic acid groups (broad SMARTS) is 1. The number of aromatic carboxylic acids is 1. The lowest BCUT2D eigenvalue weighted by molar-refractivity contribution is 0.0691. The summed E-state index contributed by atoms with van der Waals surface area (Å²) in [6.07, 6.45) is 2.48. The zero-order valence-corrected chi connectivity index (χ0v) is 10.4. The van der Waals surface area contributed by atoms with Gasteiger partial charge in [0.25, 0.3) is 0 Å². The first-order valence-corrected chi connectivity index (χ1v) is 5.94. The molecule has 0 spiro atoms. The molecule has 0 unspecified atom stereocenters. The first-order chi connectivity index (χ1) is 8.58. The highest BCUT2D eigenvalue weighted by Gasteiger charge is 2.15. The van der Waals surface area contributed by atoms with Gasteiger partial charge in [-0.3, -0.25) is 0 Å². The molecule has 0 aliphatic heterocycles. The van der Waals surface area contributed by atoms with Crippen molar-refractivity contribution in [1.82, 2.24) is 9.97 Å². The molecule has 0 bridgehead atoms. The number of carboxylic acids is 1. The van der Waals surface area contributed by atoms with E-state index in [4.69, 9.17) is 16.7 Å². The van der Waals surface area contributed by atoms with E-state index in [1.165, 1.54) is 6.20 Å². The monoisotopic (exact) mass is 284 g/mol. The highest BCUT2D eigenvalue weighted by atomic mass is 35.5. The summed E-state index contributed by atoms with van der Waals surface area (Å²) in [4.78, 5) is 18.7. The summed E-state index contributed by atoms with van der Waals surface area (Å²) in [5, 5.41) is 9.90. The van der Waals surface area contributed by atoms with Gasteiger partial charge in [-0.1, -0.05) is 11.6 Å². The van der Waals surface area contributed by atoms with E-state index in [9.17, 15) is 9.18 Å². The summed E-state index contributed by atoms with van der Waals surface area (Å²) in [7, 11) is 0. The van der Waals surface area contributed by atoms with E-state index < -0.39 is 11.8 Å². The average molecular weight is 285 g/mol. The fourth-order valence-corrected chi connectivity index (χ4v) is 2.26. The molecule has 2 aromatic heterocycles. The predicted octanol–water partition coefficient (Wildman–Crippen LogP) is 3.12. The second-order valence-electron chi connectivity index (χ2n) is 3.20. The maximum absolute atomic E-state index is 12.9. The largest absolute Gasteiger partial charge is 0.478 e. The SMILES string of the molecule is O=C(O)c1cc(F)cnc1Sc1ncccc1Cl. The molecular formula is C11H6ClFN2O2S. The molecule has 0 radical (unpaired) electrons. The lowest BCUT2D eigenvalue weighted by Gasteiger charge is -2.05. The van der Waals surface area contributed by atoms with Crippen LogP contribution < -0.4 is 0 Å². The standard InChI is InChI=1S/C11H6ClFN2O2S/c12-8-2-1-3-14-10(8)18-9-7(11(16)17)4-6(13)5-15-9/h1-5H,(H,16,17). The van der Waals surface area contributed by atoms with E-state index in [2.05, 4.69) is 9.97 Å². The first-order valence-electron chi connectivity index (χ1n) is 4.75. The van der Waals surface area contributed by atoms with Gasteiger partial charge < -0.3 is 5.11 Å². The van der Waals surface area contributed by atoms with Crippen LogP contribution in [0.5, 0.6) is 0 Å². The maximum atomic E-state index is 12.9. The van der Waals surface area contributed by atoms with Crippen molar-refractivity contribution < 1.29 is 14.3 Å². The number of halogens is 2. The molecule has 0 fully saturated rings. The molecule has 7 heteroatoms. The zero-order chi connectivity index (χ0) is 13.1. The van der Waals surface area contributed by atoms with E-state index in [1.807, 2.05) is 0 Å². The van der Waals surface area contributed by atoms with Gasteiger partial charge in [-0.05, 0) is 30.0 Å². The summed E-state index contributed by atoms with van der Waals surface area (Å²) in [5.74, 6) is -1.96. The molecule has 2 heterocycles. The highest BCUT2D eigenvalue weighted by molar-refractivity contribution is 7.99. The van der Waals surface area contributed by atoms with Crippen molar-refractivity contribution in [1.29, 1.82) is 0 Å². The fourth-order valence-electron chi connectivity index (χ4n) is 1.20. The lowest BCUT2D eigenvalue weighted by Crippen LogP contribution is -2.02. The molecular weight excluding hydrogens is 279 g/mol. The van der Waals surface area contributed by atoms with Crippen LogP contribution in [0, 0.1) is 5.82 Å². The van der Waals surface area contributed by atoms with E-state index in [1.54, 1.807) is 12.1 Å². The number of rotatable bonds is 3. The molecule has 0 atom stereocenters.